The number of aryl methyl sites for hydroxylation is 1. The van der Waals surface area contributed by atoms with E-state index < -0.39 is 5.92 Å². The van der Waals surface area contributed by atoms with Crippen molar-refractivity contribution in [3.05, 3.63) is 29.3 Å². The monoisotopic (exact) mass is 171 g/mol. The van der Waals surface area contributed by atoms with Gasteiger partial charge in [-0.2, -0.15) is 0 Å². The minimum absolute atomic E-state index is 0.00852. The largest absolute Gasteiger partial charge is 0.399 e. The van der Waals surface area contributed by atoms with Crippen molar-refractivity contribution in [3.63, 3.8) is 0 Å². The lowest BCUT2D eigenvalue weighted by Gasteiger charge is -2.11. The zero-order valence-corrected chi connectivity index (χ0v) is 7.07. The van der Waals surface area contributed by atoms with E-state index in [1.165, 1.54) is 18.2 Å². The van der Waals surface area contributed by atoms with Crippen molar-refractivity contribution < 1.29 is 8.78 Å². The molecule has 0 aliphatic rings. The first-order valence-electron chi connectivity index (χ1n) is 3.65. The van der Waals surface area contributed by atoms with Gasteiger partial charge in [-0.05, 0) is 24.6 Å². The Labute approximate surface area is 70.2 Å². The molecular formula is C9H11F2N. The summed E-state index contributed by atoms with van der Waals surface area (Å²) in [5.74, 6) is -2.78. The molecule has 0 atom stereocenters. The van der Waals surface area contributed by atoms with E-state index in [0.29, 0.717) is 11.3 Å². The summed E-state index contributed by atoms with van der Waals surface area (Å²) < 4.78 is 25.5. The van der Waals surface area contributed by atoms with Crippen molar-refractivity contribution in [2.45, 2.75) is 19.8 Å². The van der Waals surface area contributed by atoms with Crippen LogP contribution in [0.1, 0.15) is 18.1 Å². The van der Waals surface area contributed by atoms with Crippen LogP contribution in [0.5, 0.6) is 0 Å². The Morgan fingerprint density at radius 1 is 1.33 bits per heavy atom. The molecule has 0 spiro atoms. The summed E-state index contributed by atoms with van der Waals surface area (Å²) in [5.41, 5.74) is 6.73. The van der Waals surface area contributed by atoms with Gasteiger partial charge in [-0.3, -0.25) is 0 Å². The third-order valence-electron chi connectivity index (χ3n) is 1.78. The lowest BCUT2D eigenvalue weighted by molar-refractivity contribution is 0.0174. The molecule has 2 N–H and O–H groups in total. The third-order valence-corrected chi connectivity index (χ3v) is 1.78. The van der Waals surface area contributed by atoms with Gasteiger partial charge in [0.25, 0.3) is 5.92 Å². The first-order valence-corrected chi connectivity index (χ1v) is 3.65. The van der Waals surface area contributed by atoms with Gasteiger partial charge in [0, 0.05) is 18.2 Å². The molecule has 1 aromatic rings. The number of anilines is 1. The predicted molar refractivity (Wildman–Crippen MR) is 45.2 cm³/mol. The zero-order valence-electron chi connectivity index (χ0n) is 7.07. The fourth-order valence-electron chi connectivity index (χ4n) is 0.949. The topological polar surface area (TPSA) is 26.0 Å². The molecule has 1 rings (SSSR count). The van der Waals surface area contributed by atoms with E-state index in [1.807, 2.05) is 0 Å². The number of nitrogen functional groups attached to an aromatic ring is 1. The highest BCUT2D eigenvalue weighted by molar-refractivity contribution is 5.48. The van der Waals surface area contributed by atoms with E-state index in [0.717, 1.165) is 6.92 Å². The molecule has 66 valence electrons. The van der Waals surface area contributed by atoms with Crippen LogP contribution in [-0.2, 0) is 5.92 Å². The van der Waals surface area contributed by atoms with Crippen molar-refractivity contribution in [3.8, 4) is 0 Å². The second-order valence-electron chi connectivity index (χ2n) is 2.96. The molecule has 0 aliphatic carbocycles. The smallest absolute Gasteiger partial charge is 0.270 e. The summed E-state index contributed by atoms with van der Waals surface area (Å²) in [7, 11) is 0. The van der Waals surface area contributed by atoms with Crippen LogP contribution in [0.15, 0.2) is 18.2 Å². The van der Waals surface area contributed by atoms with Gasteiger partial charge in [0.05, 0.1) is 0 Å². The lowest BCUT2D eigenvalue weighted by atomic mass is 10.1. The van der Waals surface area contributed by atoms with E-state index in [1.54, 1.807) is 6.92 Å². The van der Waals surface area contributed by atoms with Crippen molar-refractivity contribution in [1.82, 2.24) is 0 Å². The maximum Gasteiger partial charge on any atom is 0.270 e. The van der Waals surface area contributed by atoms with Crippen LogP contribution in [0, 0.1) is 6.92 Å². The fraction of sp³-hybridized carbons (Fsp3) is 0.333. The maximum absolute atomic E-state index is 12.7. The fourth-order valence-corrected chi connectivity index (χ4v) is 0.949. The molecule has 12 heavy (non-hydrogen) atoms. The van der Waals surface area contributed by atoms with Crippen molar-refractivity contribution in [2.24, 2.45) is 0 Å². The predicted octanol–water partition coefficient (Wildman–Crippen LogP) is 2.69. The second-order valence-corrected chi connectivity index (χ2v) is 2.96. The van der Waals surface area contributed by atoms with Crippen molar-refractivity contribution in [2.75, 3.05) is 5.73 Å². The Kier molecular flexibility index (Phi) is 2.04. The van der Waals surface area contributed by atoms with Crippen molar-refractivity contribution in [1.29, 1.82) is 0 Å². The first-order chi connectivity index (χ1) is 5.41. The number of hydrogen-bond donors (Lipinski definition) is 1. The highest BCUT2D eigenvalue weighted by Gasteiger charge is 2.24. The molecular weight excluding hydrogens is 160 g/mol. The summed E-state index contributed by atoms with van der Waals surface area (Å²) in [4.78, 5) is 0. The number of rotatable bonds is 1. The lowest BCUT2D eigenvalue weighted by Crippen LogP contribution is -2.07. The van der Waals surface area contributed by atoms with Gasteiger partial charge in [-0.15, -0.1) is 0 Å². The summed E-state index contributed by atoms with van der Waals surface area (Å²) in [5, 5.41) is 0. The summed E-state index contributed by atoms with van der Waals surface area (Å²) in [6.07, 6.45) is 0. The molecule has 0 saturated heterocycles. The van der Waals surface area contributed by atoms with E-state index >= 15 is 0 Å². The van der Waals surface area contributed by atoms with Crippen LogP contribution in [0.4, 0.5) is 14.5 Å². The standard InChI is InChI=1S/C9H11F2N/c1-6-5-7(9(2,10)11)3-4-8(6)12/h3-5H,12H2,1-2H3. The minimum Gasteiger partial charge on any atom is -0.399 e. The van der Waals surface area contributed by atoms with Crippen LogP contribution in [0.3, 0.4) is 0 Å². The number of halogens is 2. The van der Waals surface area contributed by atoms with Crippen LogP contribution in [-0.4, -0.2) is 0 Å². The Morgan fingerprint density at radius 3 is 2.33 bits per heavy atom. The molecule has 0 unspecified atom stereocenters. The molecule has 1 aromatic carbocycles. The Hall–Kier alpha value is -1.12. The molecule has 1 nitrogen and oxygen atoms in total. The molecule has 0 bridgehead atoms. The molecule has 0 amide bonds. The van der Waals surface area contributed by atoms with Crippen molar-refractivity contribution >= 4 is 5.69 Å². The Balaban J connectivity index is 3.14. The quantitative estimate of drug-likeness (QED) is 0.646. The number of hydrogen-bond acceptors (Lipinski definition) is 1. The van der Waals surface area contributed by atoms with E-state index in [4.69, 9.17) is 5.73 Å². The van der Waals surface area contributed by atoms with Gasteiger partial charge in [0.15, 0.2) is 0 Å². The van der Waals surface area contributed by atoms with E-state index in [2.05, 4.69) is 0 Å². The van der Waals surface area contributed by atoms with E-state index in [9.17, 15) is 8.78 Å². The van der Waals surface area contributed by atoms with Gasteiger partial charge in [0.1, 0.15) is 0 Å². The molecule has 0 aromatic heterocycles. The first kappa shape index (κ1) is 8.97. The highest BCUT2D eigenvalue weighted by atomic mass is 19.3. The molecule has 0 heterocycles. The summed E-state index contributed by atoms with van der Waals surface area (Å²) >= 11 is 0. The number of alkyl halides is 2. The third kappa shape index (κ3) is 1.72. The second kappa shape index (κ2) is 2.73. The highest BCUT2D eigenvalue weighted by Crippen LogP contribution is 2.28. The normalized spacial score (nSPS) is 11.7. The van der Waals surface area contributed by atoms with Crippen LogP contribution < -0.4 is 5.73 Å². The number of nitrogens with two attached hydrogens (primary N) is 1. The van der Waals surface area contributed by atoms with Gasteiger partial charge in [-0.1, -0.05) is 6.07 Å². The minimum atomic E-state index is -2.78. The summed E-state index contributed by atoms with van der Waals surface area (Å²) in [6, 6.07) is 4.26. The van der Waals surface area contributed by atoms with Gasteiger partial charge in [-0.25, -0.2) is 8.78 Å². The molecule has 0 aliphatic heterocycles. The maximum atomic E-state index is 12.7. The van der Waals surface area contributed by atoms with Crippen LogP contribution in [0.25, 0.3) is 0 Å². The molecule has 3 heteroatoms. The average Bonchev–Trinajstić information content (AvgIpc) is 1.92. The zero-order chi connectivity index (χ0) is 9.35. The molecule has 0 saturated carbocycles. The molecule has 0 fully saturated rings. The van der Waals surface area contributed by atoms with Gasteiger partial charge in [0.2, 0.25) is 0 Å². The SMILES string of the molecule is Cc1cc(C(C)(F)F)ccc1N. The Bertz CT molecular complexity index is 289. The van der Waals surface area contributed by atoms with Crippen LogP contribution in [0.2, 0.25) is 0 Å². The Morgan fingerprint density at radius 2 is 1.92 bits per heavy atom. The summed E-state index contributed by atoms with van der Waals surface area (Å²) in [6.45, 7) is 2.59. The average molecular weight is 171 g/mol. The van der Waals surface area contributed by atoms with Crippen LogP contribution >= 0.6 is 0 Å². The molecule has 0 radical (unpaired) electrons. The van der Waals surface area contributed by atoms with Gasteiger partial charge >= 0.3 is 0 Å². The van der Waals surface area contributed by atoms with E-state index in [-0.39, 0.29) is 5.56 Å². The number of benzene rings is 1. The van der Waals surface area contributed by atoms with Gasteiger partial charge < -0.3 is 5.73 Å².